The van der Waals surface area contributed by atoms with Crippen molar-refractivity contribution in [2.75, 3.05) is 25.1 Å². The fourth-order valence-corrected chi connectivity index (χ4v) is 5.77. The molecule has 2 heterocycles. The fraction of sp³-hybridized carbons (Fsp3) is 0.259. The van der Waals surface area contributed by atoms with Crippen molar-refractivity contribution in [2.24, 2.45) is 0 Å². The highest BCUT2D eigenvalue weighted by Gasteiger charge is 2.40. The van der Waals surface area contributed by atoms with E-state index >= 15 is 0 Å². The lowest BCUT2D eigenvalue weighted by Crippen LogP contribution is -2.48. The molecule has 0 aromatic heterocycles. The number of carbonyl (C=O) groups excluding carboxylic acids is 2. The SMILES string of the molecule is O=C(Nc1ccc(S(=O)(=O)NC2COC2)cc1)[C@@H]1C[C@@H](c2ccccc2)CN1C(=O)c1ccc(F)cc1. The molecule has 3 aromatic carbocycles. The van der Waals surface area contributed by atoms with Crippen molar-refractivity contribution in [1.82, 2.24) is 9.62 Å². The standard InChI is InChI=1S/C27H26FN3O5S/c28-21-8-6-19(7-9-21)27(33)31-15-20(18-4-2-1-3-5-18)14-25(31)26(32)29-22-10-12-24(13-11-22)37(34,35)30-23-16-36-17-23/h1-13,20,23,25,30H,14-17H2,(H,29,32)/t20-,25+/m1/s1. The number of likely N-dealkylation sites (tertiary alicyclic amines) is 1. The molecule has 2 aliphatic rings. The molecule has 0 radical (unpaired) electrons. The van der Waals surface area contributed by atoms with Crippen LogP contribution in [0.5, 0.6) is 0 Å². The van der Waals surface area contributed by atoms with Crippen LogP contribution in [0.3, 0.4) is 0 Å². The molecule has 0 bridgehead atoms. The van der Waals surface area contributed by atoms with Crippen LogP contribution in [0.25, 0.3) is 0 Å². The van der Waals surface area contributed by atoms with Crippen LogP contribution >= 0.6 is 0 Å². The first kappa shape index (κ1) is 25.1. The van der Waals surface area contributed by atoms with Crippen LogP contribution in [-0.2, 0) is 19.6 Å². The lowest BCUT2D eigenvalue weighted by atomic mass is 9.96. The third-order valence-electron chi connectivity index (χ3n) is 6.62. The Morgan fingerprint density at radius 3 is 2.22 bits per heavy atom. The van der Waals surface area contributed by atoms with Gasteiger partial charge in [0.15, 0.2) is 0 Å². The van der Waals surface area contributed by atoms with Gasteiger partial charge >= 0.3 is 0 Å². The van der Waals surface area contributed by atoms with Crippen LogP contribution < -0.4 is 10.0 Å². The molecule has 0 saturated carbocycles. The molecule has 37 heavy (non-hydrogen) atoms. The van der Waals surface area contributed by atoms with E-state index in [1.807, 2.05) is 30.3 Å². The molecule has 2 N–H and O–H groups in total. The molecule has 0 aliphatic carbocycles. The van der Waals surface area contributed by atoms with Gasteiger partial charge in [-0.25, -0.2) is 17.5 Å². The Hall–Kier alpha value is -3.60. The van der Waals surface area contributed by atoms with Crippen molar-refractivity contribution >= 4 is 27.5 Å². The zero-order valence-corrected chi connectivity index (χ0v) is 20.7. The van der Waals surface area contributed by atoms with E-state index in [1.54, 1.807) is 0 Å². The van der Waals surface area contributed by atoms with Gasteiger partial charge in [0, 0.05) is 23.7 Å². The van der Waals surface area contributed by atoms with Gasteiger partial charge in [0.2, 0.25) is 15.9 Å². The zero-order chi connectivity index (χ0) is 26.0. The average molecular weight is 524 g/mol. The lowest BCUT2D eigenvalue weighted by molar-refractivity contribution is -0.119. The van der Waals surface area contributed by atoms with Crippen LogP contribution in [0.4, 0.5) is 10.1 Å². The number of amides is 2. The van der Waals surface area contributed by atoms with Crippen LogP contribution in [0.15, 0.2) is 83.8 Å². The molecule has 2 fully saturated rings. The van der Waals surface area contributed by atoms with Gasteiger partial charge in [-0.1, -0.05) is 30.3 Å². The number of sulfonamides is 1. The summed E-state index contributed by atoms with van der Waals surface area (Å²) in [5.41, 5.74) is 1.73. The van der Waals surface area contributed by atoms with Gasteiger partial charge in [0.05, 0.1) is 24.2 Å². The maximum atomic E-state index is 13.4. The Kier molecular flexibility index (Phi) is 7.05. The molecule has 5 rings (SSSR count). The summed E-state index contributed by atoms with van der Waals surface area (Å²) in [4.78, 5) is 28.3. The lowest BCUT2D eigenvalue weighted by Gasteiger charge is -2.26. The summed E-state index contributed by atoms with van der Waals surface area (Å²) in [6.45, 7) is 1.02. The average Bonchev–Trinajstić information content (AvgIpc) is 3.33. The summed E-state index contributed by atoms with van der Waals surface area (Å²) in [6.07, 6.45) is 0.419. The number of ether oxygens (including phenoxy) is 1. The Morgan fingerprint density at radius 1 is 0.919 bits per heavy atom. The number of rotatable bonds is 7. The second kappa shape index (κ2) is 10.4. The summed E-state index contributed by atoms with van der Waals surface area (Å²) in [6, 6.07) is 19.8. The van der Waals surface area contributed by atoms with Crippen molar-refractivity contribution in [2.45, 2.75) is 29.3 Å². The topological polar surface area (TPSA) is 105 Å². The third-order valence-corrected chi connectivity index (χ3v) is 8.16. The van der Waals surface area contributed by atoms with E-state index in [4.69, 9.17) is 4.74 Å². The number of nitrogens with one attached hydrogen (secondary N) is 2. The summed E-state index contributed by atoms with van der Waals surface area (Å²) >= 11 is 0. The van der Waals surface area contributed by atoms with E-state index in [2.05, 4.69) is 10.0 Å². The van der Waals surface area contributed by atoms with E-state index in [0.717, 1.165) is 5.56 Å². The van der Waals surface area contributed by atoms with Crippen molar-refractivity contribution < 1.29 is 27.1 Å². The monoisotopic (exact) mass is 523 g/mol. The van der Waals surface area contributed by atoms with Gasteiger partial charge in [-0.3, -0.25) is 9.59 Å². The first-order valence-electron chi connectivity index (χ1n) is 11.9. The third kappa shape index (κ3) is 5.56. The van der Waals surface area contributed by atoms with Crippen LogP contribution in [-0.4, -0.2) is 57.0 Å². The highest BCUT2D eigenvalue weighted by Crippen LogP contribution is 2.33. The van der Waals surface area contributed by atoms with Gasteiger partial charge < -0.3 is 15.0 Å². The smallest absolute Gasteiger partial charge is 0.254 e. The second-order valence-electron chi connectivity index (χ2n) is 9.19. The van der Waals surface area contributed by atoms with E-state index < -0.39 is 21.9 Å². The minimum atomic E-state index is -3.70. The number of hydrogen-bond acceptors (Lipinski definition) is 5. The van der Waals surface area contributed by atoms with Gasteiger partial charge in [-0.2, -0.15) is 0 Å². The van der Waals surface area contributed by atoms with E-state index in [1.165, 1.54) is 53.4 Å². The molecule has 10 heteroatoms. The second-order valence-corrected chi connectivity index (χ2v) is 10.9. The van der Waals surface area contributed by atoms with Crippen molar-refractivity contribution in [3.8, 4) is 0 Å². The van der Waals surface area contributed by atoms with Crippen LogP contribution in [0.1, 0.15) is 28.3 Å². The van der Waals surface area contributed by atoms with E-state index in [0.29, 0.717) is 37.4 Å². The fourth-order valence-electron chi connectivity index (χ4n) is 4.57. The maximum absolute atomic E-state index is 13.4. The predicted octanol–water partition coefficient (Wildman–Crippen LogP) is 3.14. The molecule has 2 amide bonds. The van der Waals surface area contributed by atoms with Crippen molar-refractivity contribution in [1.29, 1.82) is 0 Å². The van der Waals surface area contributed by atoms with Gasteiger partial charge in [-0.05, 0) is 60.5 Å². The summed E-state index contributed by atoms with van der Waals surface area (Å²) < 4.78 is 46.0. The Balaban J connectivity index is 1.33. The Bertz CT molecular complexity index is 1380. The minimum Gasteiger partial charge on any atom is -0.378 e. The van der Waals surface area contributed by atoms with E-state index in [9.17, 15) is 22.4 Å². The van der Waals surface area contributed by atoms with Gasteiger partial charge in [0.25, 0.3) is 5.91 Å². The van der Waals surface area contributed by atoms with Crippen LogP contribution in [0, 0.1) is 5.82 Å². The highest BCUT2D eigenvalue weighted by atomic mass is 32.2. The van der Waals surface area contributed by atoms with Gasteiger partial charge in [0.1, 0.15) is 11.9 Å². The first-order chi connectivity index (χ1) is 17.8. The van der Waals surface area contributed by atoms with Crippen LogP contribution in [0.2, 0.25) is 0 Å². The number of halogens is 1. The number of hydrogen-bond donors (Lipinski definition) is 2. The molecule has 2 saturated heterocycles. The number of benzene rings is 3. The largest absolute Gasteiger partial charge is 0.378 e. The molecule has 2 atom stereocenters. The molecular weight excluding hydrogens is 497 g/mol. The van der Waals surface area contributed by atoms with Crippen molar-refractivity contribution in [3.05, 3.63) is 95.8 Å². The Labute approximate surface area is 214 Å². The normalized spacial score (nSPS) is 19.9. The zero-order valence-electron chi connectivity index (χ0n) is 19.8. The minimum absolute atomic E-state index is 0.0459. The highest BCUT2D eigenvalue weighted by molar-refractivity contribution is 7.89. The van der Waals surface area contributed by atoms with E-state index in [-0.39, 0.29) is 28.7 Å². The quantitative estimate of drug-likeness (QED) is 0.495. The number of carbonyl (C=O) groups is 2. The summed E-state index contributed by atoms with van der Waals surface area (Å²) in [5.74, 6) is -1.23. The molecular formula is C27H26FN3O5S. The molecule has 3 aromatic rings. The predicted molar refractivity (Wildman–Crippen MR) is 135 cm³/mol. The maximum Gasteiger partial charge on any atom is 0.254 e. The molecule has 192 valence electrons. The summed E-state index contributed by atoms with van der Waals surface area (Å²) in [5, 5.41) is 2.82. The van der Waals surface area contributed by atoms with Crippen molar-refractivity contribution in [3.63, 3.8) is 0 Å². The molecule has 8 nitrogen and oxygen atoms in total. The first-order valence-corrected chi connectivity index (χ1v) is 13.4. The van der Waals surface area contributed by atoms with Gasteiger partial charge in [-0.15, -0.1) is 0 Å². The summed E-state index contributed by atoms with van der Waals surface area (Å²) in [7, 11) is -3.70. The molecule has 0 unspecified atom stereocenters. The Morgan fingerprint density at radius 2 is 1.59 bits per heavy atom. The molecule has 0 spiro atoms. The number of anilines is 1. The molecule has 2 aliphatic heterocycles. The number of nitrogens with zero attached hydrogens (tertiary/aromatic N) is 1.